The number of rotatable bonds is 9. The van der Waals surface area contributed by atoms with Crippen molar-refractivity contribution in [3.8, 4) is 11.5 Å². The van der Waals surface area contributed by atoms with E-state index in [4.69, 9.17) is 37.4 Å². The van der Waals surface area contributed by atoms with E-state index in [1.54, 1.807) is 56.3 Å². The molecule has 0 bridgehead atoms. The molecule has 0 radical (unpaired) electrons. The number of anilines is 1. The highest BCUT2D eigenvalue weighted by Gasteiger charge is 2.17. The largest absolute Gasteiger partial charge is 0.493 e. The predicted molar refractivity (Wildman–Crippen MR) is 134 cm³/mol. The first-order valence-corrected chi connectivity index (χ1v) is 11.8. The zero-order chi connectivity index (χ0) is 24.7. The second-order valence-electron chi connectivity index (χ2n) is 6.88. The highest BCUT2D eigenvalue weighted by Crippen LogP contribution is 2.32. The quantitative estimate of drug-likeness (QED) is 0.268. The van der Waals surface area contributed by atoms with Crippen molar-refractivity contribution in [2.75, 3.05) is 19.0 Å². The molecule has 0 atom stereocenters. The first-order chi connectivity index (χ1) is 16.3. The molecule has 7 nitrogen and oxygen atoms in total. The Morgan fingerprint density at radius 1 is 1.15 bits per heavy atom. The molecule has 3 rings (SSSR count). The third kappa shape index (κ3) is 6.50. The average Bonchev–Trinajstić information content (AvgIpc) is 3.17. The summed E-state index contributed by atoms with van der Waals surface area (Å²) in [5.41, 5.74) is 1.90. The van der Waals surface area contributed by atoms with Gasteiger partial charge < -0.3 is 14.2 Å². The Labute approximate surface area is 211 Å². The van der Waals surface area contributed by atoms with E-state index in [0.29, 0.717) is 42.8 Å². The molecule has 0 saturated heterocycles. The van der Waals surface area contributed by atoms with E-state index in [9.17, 15) is 9.59 Å². The van der Waals surface area contributed by atoms with Crippen molar-refractivity contribution in [2.24, 2.45) is 0 Å². The van der Waals surface area contributed by atoms with Crippen LogP contribution in [0.4, 0.5) is 5.13 Å². The Morgan fingerprint density at radius 3 is 2.56 bits per heavy atom. The minimum Gasteiger partial charge on any atom is -0.493 e. The van der Waals surface area contributed by atoms with Gasteiger partial charge in [0.05, 0.1) is 19.4 Å². The van der Waals surface area contributed by atoms with Crippen LogP contribution in [0.25, 0.3) is 6.08 Å². The number of halogens is 2. The molecule has 178 valence electrons. The van der Waals surface area contributed by atoms with Gasteiger partial charge in [0.15, 0.2) is 16.6 Å². The summed E-state index contributed by atoms with van der Waals surface area (Å²) in [7, 11) is 1.52. The predicted octanol–water partition coefficient (Wildman–Crippen LogP) is 6.17. The molecule has 1 heterocycles. The number of carbonyl (C=O) groups is 2. The number of amides is 1. The number of aromatic nitrogens is 1. The number of nitrogens with zero attached hydrogens (tertiary/aromatic N) is 1. The molecule has 3 aromatic rings. The number of ether oxygens (including phenoxy) is 3. The number of methoxy groups -OCH3 is 1. The zero-order valence-corrected chi connectivity index (χ0v) is 21.0. The minimum atomic E-state index is -0.459. The molecule has 0 aliphatic carbocycles. The molecule has 1 amide bonds. The van der Waals surface area contributed by atoms with Gasteiger partial charge in [-0.25, -0.2) is 9.78 Å². The fourth-order valence-corrected chi connectivity index (χ4v) is 4.25. The first-order valence-electron chi connectivity index (χ1n) is 10.2. The van der Waals surface area contributed by atoms with Crippen LogP contribution in [0, 0.1) is 6.92 Å². The van der Waals surface area contributed by atoms with E-state index in [2.05, 4.69) is 10.3 Å². The number of nitrogens with one attached hydrogen (secondary N) is 1. The fourth-order valence-electron chi connectivity index (χ4n) is 2.88. The van der Waals surface area contributed by atoms with E-state index in [1.807, 2.05) is 0 Å². The van der Waals surface area contributed by atoms with E-state index in [1.165, 1.54) is 13.2 Å². The second-order valence-corrected chi connectivity index (χ2v) is 8.69. The molecule has 0 spiro atoms. The maximum Gasteiger partial charge on any atom is 0.350 e. The van der Waals surface area contributed by atoms with Crippen molar-refractivity contribution in [1.82, 2.24) is 4.98 Å². The summed E-state index contributed by atoms with van der Waals surface area (Å²) in [5.74, 6) is 0.141. The summed E-state index contributed by atoms with van der Waals surface area (Å²) in [4.78, 5) is 28.8. The van der Waals surface area contributed by atoms with Crippen LogP contribution in [0.1, 0.15) is 33.4 Å². The Bertz CT molecular complexity index is 1210. The van der Waals surface area contributed by atoms with Gasteiger partial charge in [-0.05, 0) is 49.8 Å². The molecule has 10 heteroatoms. The SMILES string of the molecule is CCOC(=O)c1sc(NC(=O)/C=C/c2ccc(OCc3c(Cl)cccc3Cl)c(OC)c2)nc1C. The van der Waals surface area contributed by atoms with Crippen molar-refractivity contribution in [1.29, 1.82) is 0 Å². The van der Waals surface area contributed by atoms with Crippen LogP contribution < -0.4 is 14.8 Å². The standard InChI is InChI=1S/C24H22Cl2N2O5S/c1-4-32-23(30)22-14(2)27-24(34-22)28-21(29)11-9-15-8-10-19(20(12-15)31-3)33-13-16-17(25)6-5-7-18(16)26/h5-12H,4,13H2,1-3H3,(H,27,28,29)/b11-9+. The van der Waals surface area contributed by atoms with Crippen molar-refractivity contribution in [3.63, 3.8) is 0 Å². The molecule has 0 unspecified atom stereocenters. The molecular formula is C24H22Cl2N2O5S. The van der Waals surface area contributed by atoms with Crippen molar-refractivity contribution in [2.45, 2.75) is 20.5 Å². The van der Waals surface area contributed by atoms with Crippen LogP contribution in [0.2, 0.25) is 10.0 Å². The van der Waals surface area contributed by atoms with Gasteiger partial charge in [0.25, 0.3) is 0 Å². The number of thiazole rings is 1. The number of carbonyl (C=O) groups excluding carboxylic acids is 2. The Morgan fingerprint density at radius 2 is 1.88 bits per heavy atom. The molecule has 2 aromatic carbocycles. The Kier molecular flexibility index (Phi) is 8.92. The van der Waals surface area contributed by atoms with Gasteiger partial charge in [0.1, 0.15) is 11.5 Å². The number of esters is 1. The maximum atomic E-state index is 12.3. The summed E-state index contributed by atoms with van der Waals surface area (Å²) in [6, 6.07) is 10.5. The highest BCUT2D eigenvalue weighted by molar-refractivity contribution is 7.17. The van der Waals surface area contributed by atoms with Gasteiger partial charge in [0.2, 0.25) is 5.91 Å². The van der Waals surface area contributed by atoms with Crippen LogP contribution in [0.15, 0.2) is 42.5 Å². The number of benzene rings is 2. The van der Waals surface area contributed by atoms with E-state index in [-0.39, 0.29) is 13.2 Å². The van der Waals surface area contributed by atoms with Crippen LogP contribution in [-0.2, 0) is 16.1 Å². The number of hydrogen-bond donors (Lipinski definition) is 1. The molecule has 0 aliphatic rings. The molecular weight excluding hydrogens is 499 g/mol. The lowest BCUT2D eigenvalue weighted by Gasteiger charge is -2.13. The number of aryl methyl sites for hydroxylation is 1. The smallest absolute Gasteiger partial charge is 0.350 e. The normalized spacial score (nSPS) is 10.9. The topological polar surface area (TPSA) is 86.8 Å². The van der Waals surface area contributed by atoms with Gasteiger partial charge in [-0.15, -0.1) is 0 Å². The maximum absolute atomic E-state index is 12.3. The van der Waals surface area contributed by atoms with Crippen molar-refractivity contribution >= 4 is 57.6 Å². The minimum absolute atomic E-state index is 0.174. The average molecular weight is 521 g/mol. The lowest BCUT2D eigenvalue weighted by molar-refractivity contribution is -0.111. The van der Waals surface area contributed by atoms with Gasteiger partial charge in [-0.2, -0.15) is 0 Å². The molecule has 0 fully saturated rings. The van der Waals surface area contributed by atoms with Crippen LogP contribution >= 0.6 is 34.5 Å². The lowest BCUT2D eigenvalue weighted by Crippen LogP contribution is -2.07. The van der Waals surface area contributed by atoms with Gasteiger partial charge >= 0.3 is 5.97 Å². The van der Waals surface area contributed by atoms with Crippen LogP contribution in [-0.4, -0.2) is 30.6 Å². The third-order valence-corrected chi connectivity index (χ3v) is 6.30. The molecule has 0 saturated carbocycles. The third-order valence-electron chi connectivity index (χ3n) is 4.54. The van der Waals surface area contributed by atoms with Crippen molar-refractivity contribution in [3.05, 3.63) is 74.2 Å². The van der Waals surface area contributed by atoms with E-state index < -0.39 is 11.9 Å². The Balaban J connectivity index is 1.65. The van der Waals surface area contributed by atoms with E-state index in [0.717, 1.165) is 16.9 Å². The zero-order valence-electron chi connectivity index (χ0n) is 18.7. The highest BCUT2D eigenvalue weighted by atomic mass is 35.5. The first kappa shape index (κ1) is 25.6. The monoisotopic (exact) mass is 520 g/mol. The van der Waals surface area contributed by atoms with Crippen LogP contribution in [0.5, 0.6) is 11.5 Å². The van der Waals surface area contributed by atoms with Gasteiger partial charge in [0, 0.05) is 21.7 Å². The molecule has 1 N–H and O–H groups in total. The summed E-state index contributed by atoms with van der Waals surface area (Å²) in [6.07, 6.45) is 2.98. The summed E-state index contributed by atoms with van der Waals surface area (Å²) in [6.45, 7) is 3.85. The number of hydrogen-bond acceptors (Lipinski definition) is 7. The second kappa shape index (κ2) is 11.9. The van der Waals surface area contributed by atoms with Gasteiger partial charge in [-0.3, -0.25) is 10.1 Å². The molecule has 1 aromatic heterocycles. The Hall–Kier alpha value is -3.07. The summed E-state index contributed by atoms with van der Waals surface area (Å²) >= 11 is 13.5. The van der Waals surface area contributed by atoms with Crippen molar-refractivity contribution < 1.29 is 23.8 Å². The van der Waals surface area contributed by atoms with Crippen LogP contribution in [0.3, 0.4) is 0 Å². The molecule has 34 heavy (non-hydrogen) atoms. The molecule has 0 aliphatic heterocycles. The summed E-state index contributed by atoms with van der Waals surface area (Å²) in [5, 5.41) is 4.00. The van der Waals surface area contributed by atoms with Gasteiger partial charge in [-0.1, -0.05) is 46.7 Å². The van der Waals surface area contributed by atoms with E-state index >= 15 is 0 Å². The fraction of sp³-hybridized carbons (Fsp3) is 0.208. The summed E-state index contributed by atoms with van der Waals surface area (Å²) < 4.78 is 16.2. The lowest BCUT2D eigenvalue weighted by atomic mass is 10.2.